The third-order valence-corrected chi connectivity index (χ3v) is 2.95. The first-order valence-corrected chi connectivity index (χ1v) is 6.17. The smallest absolute Gasteiger partial charge is 0.220 e. The third kappa shape index (κ3) is 3.91. The van der Waals surface area contributed by atoms with Gasteiger partial charge in [-0.2, -0.15) is 5.10 Å². The second-order valence-electron chi connectivity index (χ2n) is 4.45. The lowest BCUT2D eigenvalue weighted by Crippen LogP contribution is -2.26. The minimum absolute atomic E-state index is 0.0296. The molecule has 2 rings (SSSR count). The number of benzene rings is 1. The standard InChI is InChI=1S/C14H16FN3O/c1-10(12-8-16-17-9-12)18-14(19)7-4-11-2-5-13(15)6-3-11/h2-3,5-6,8-10H,4,7H2,1H3,(H,16,17)(H,18,19). The summed E-state index contributed by atoms with van der Waals surface area (Å²) in [7, 11) is 0. The molecule has 4 nitrogen and oxygen atoms in total. The van der Waals surface area contributed by atoms with Gasteiger partial charge in [0.2, 0.25) is 5.91 Å². The largest absolute Gasteiger partial charge is 0.349 e. The molecule has 1 unspecified atom stereocenters. The molecule has 1 atom stereocenters. The van der Waals surface area contributed by atoms with Gasteiger partial charge in [-0.25, -0.2) is 4.39 Å². The maximum Gasteiger partial charge on any atom is 0.220 e. The topological polar surface area (TPSA) is 57.8 Å². The molecule has 0 aliphatic heterocycles. The molecule has 1 heterocycles. The van der Waals surface area contributed by atoms with Crippen LogP contribution < -0.4 is 5.32 Å². The van der Waals surface area contributed by atoms with E-state index < -0.39 is 0 Å². The lowest BCUT2D eigenvalue weighted by atomic mass is 10.1. The molecule has 100 valence electrons. The highest BCUT2D eigenvalue weighted by atomic mass is 19.1. The van der Waals surface area contributed by atoms with E-state index in [9.17, 15) is 9.18 Å². The highest BCUT2D eigenvalue weighted by Crippen LogP contribution is 2.10. The van der Waals surface area contributed by atoms with Crippen molar-refractivity contribution in [3.8, 4) is 0 Å². The van der Waals surface area contributed by atoms with E-state index in [1.54, 1.807) is 24.5 Å². The number of rotatable bonds is 5. The number of nitrogens with one attached hydrogen (secondary N) is 2. The molecule has 0 saturated carbocycles. The average Bonchev–Trinajstić information content (AvgIpc) is 2.92. The second kappa shape index (κ2) is 6.13. The number of nitrogens with zero attached hydrogens (tertiary/aromatic N) is 1. The van der Waals surface area contributed by atoms with E-state index in [1.807, 2.05) is 6.92 Å². The van der Waals surface area contributed by atoms with Crippen LogP contribution >= 0.6 is 0 Å². The average molecular weight is 261 g/mol. The number of aromatic amines is 1. The lowest BCUT2D eigenvalue weighted by Gasteiger charge is -2.11. The van der Waals surface area contributed by atoms with Gasteiger partial charge in [-0.05, 0) is 31.0 Å². The van der Waals surface area contributed by atoms with Gasteiger partial charge in [0, 0.05) is 18.2 Å². The van der Waals surface area contributed by atoms with Crippen molar-refractivity contribution >= 4 is 5.91 Å². The van der Waals surface area contributed by atoms with E-state index in [2.05, 4.69) is 15.5 Å². The Kier molecular flexibility index (Phi) is 4.28. The summed E-state index contributed by atoms with van der Waals surface area (Å²) in [5, 5.41) is 9.44. The van der Waals surface area contributed by atoms with Crippen molar-refractivity contribution in [1.82, 2.24) is 15.5 Å². The second-order valence-corrected chi connectivity index (χ2v) is 4.45. The van der Waals surface area contributed by atoms with Crippen LogP contribution in [0.25, 0.3) is 0 Å². The van der Waals surface area contributed by atoms with E-state index in [0.717, 1.165) is 11.1 Å². The van der Waals surface area contributed by atoms with Crippen molar-refractivity contribution in [1.29, 1.82) is 0 Å². The SMILES string of the molecule is CC(NC(=O)CCc1ccc(F)cc1)c1cn[nH]c1. The molecule has 0 bridgehead atoms. The molecule has 2 aromatic rings. The summed E-state index contributed by atoms with van der Waals surface area (Å²) in [5.41, 5.74) is 1.89. The lowest BCUT2D eigenvalue weighted by molar-refractivity contribution is -0.121. The van der Waals surface area contributed by atoms with Crippen LogP contribution in [0.3, 0.4) is 0 Å². The quantitative estimate of drug-likeness (QED) is 0.868. The first-order valence-electron chi connectivity index (χ1n) is 6.17. The van der Waals surface area contributed by atoms with Crippen molar-refractivity contribution in [3.05, 3.63) is 53.6 Å². The van der Waals surface area contributed by atoms with E-state index in [1.165, 1.54) is 12.1 Å². The molecule has 0 fully saturated rings. The van der Waals surface area contributed by atoms with E-state index in [4.69, 9.17) is 0 Å². The Morgan fingerprint density at radius 2 is 2.16 bits per heavy atom. The van der Waals surface area contributed by atoms with Gasteiger partial charge >= 0.3 is 0 Å². The monoisotopic (exact) mass is 261 g/mol. The minimum atomic E-state index is -0.262. The van der Waals surface area contributed by atoms with Crippen LogP contribution in [-0.4, -0.2) is 16.1 Å². The van der Waals surface area contributed by atoms with E-state index >= 15 is 0 Å². The number of hydrogen-bond acceptors (Lipinski definition) is 2. The summed E-state index contributed by atoms with van der Waals surface area (Å²) in [4.78, 5) is 11.8. The molecule has 2 N–H and O–H groups in total. The van der Waals surface area contributed by atoms with Gasteiger partial charge in [0.1, 0.15) is 5.82 Å². The Morgan fingerprint density at radius 3 is 2.79 bits per heavy atom. The van der Waals surface area contributed by atoms with Crippen molar-refractivity contribution in [2.24, 2.45) is 0 Å². The van der Waals surface area contributed by atoms with Gasteiger partial charge in [-0.15, -0.1) is 0 Å². The summed E-state index contributed by atoms with van der Waals surface area (Å²) in [6.07, 6.45) is 4.42. The number of aromatic nitrogens is 2. The zero-order valence-corrected chi connectivity index (χ0v) is 10.7. The Balaban J connectivity index is 1.80. The molecule has 1 amide bonds. The van der Waals surface area contributed by atoms with Gasteiger partial charge in [0.05, 0.1) is 12.2 Å². The maximum atomic E-state index is 12.7. The van der Waals surface area contributed by atoms with Crippen LogP contribution in [0.15, 0.2) is 36.7 Å². The molecule has 1 aromatic carbocycles. The molecule has 5 heteroatoms. The summed E-state index contributed by atoms with van der Waals surface area (Å²) in [5.74, 6) is -0.292. The van der Waals surface area contributed by atoms with Crippen molar-refractivity contribution < 1.29 is 9.18 Å². The fourth-order valence-electron chi connectivity index (χ4n) is 1.80. The van der Waals surface area contributed by atoms with Crippen molar-refractivity contribution in [2.45, 2.75) is 25.8 Å². The molecule has 1 aromatic heterocycles. The zero-order chi connectivity index (χ0) is 13.7. The molecule has 0 aliphatic carbocycles. The van der Waals surface area contributed by atoms with Crippen molar-refractivity contribution in [3.63, 3.8) is 0 Å². The van der Waals surface area contributed by atoms with Gasteiger partial charge in [-0.3, -0.25) is 9.89 Å². The number of H-pyrrole nitrogens is 1. The van der Waals surface area contributed by atoms with Crippen LogP contribution in [0.1, 0.15) is 30.5 Å². The predicted molar refractivity (Wildman–Crippen MR) is 69.9 cm³/mol. The highest BCUT2D eigenvalue weighted by Gasteiger charge is 2.10. The Hall–Kier alpha value is -2.17. The molecule has 0 radical (unpaired) electrons. The molecular formula is C14H16FN3O. The molecule has 0 saturated heterocycles. The molecule has 19 heavy (non-hydrogen) atoms. The van der Waals surface area contributed by atoms with Gasteiger partial charge in [-0.1, -0.05) is 12.1 Å². The fourth-order valence-corrected chi connectivity index (χ4v) is 1.80. The molecular weight excluding hydrogens is 245 g/mol. The third-order valence-electron chi connectivity index (χ3n) is 2.95. The first kappa shape index (κ1) is 13.3. The molecule has 0 spiro atoms. The predicted octanol–water partition coefficient (Wildman–Crippen LogP) is 2.36. The van der Waals surface area contributed by atoms with Gasteiger partial charge < -0.3 is 5.32 Å². The molecule has 0 aliphatic rings. The summed E-state index contributed by atoms with van der Waals surface area (Å²) in [6, 6.07) is 6.13. The normalized spacial score (nSPS) is 12.1. The number of carbonyl (C=O) groups excluding carboxylic acids is 1. The van der Waals surface area contributed by atoms with Crippen LogP contribution in [0.5, 0.6) is 0 Å². The summed E-state index contributed by atoms with van der Waals surface area (Å²) in [6.45, 7) is 1.90. The van der Waals surface area contributed by atoms with Gasteiger partial charge in [0.25, 0.3) is 0 Å². The van der Waals surface area contributed by atoms with Crippen LogP contribution in [0, 0.1) is 5.82 Å². The van der Waals surface area contributed by atoms with Crippen molar-refractivity contribution in [2.75, 3.05) is 0 Å². The number of carbonyl (C=O) groups is 1. The van der Waals surface area contributed by atoms with Gasteiger partial charge in [0.15, 0.2) is 0 Å². The minimum Gasteiger partial charge on any atom is -0.349 e. The Bertz CT molecular complexity index is 522. The first-order chi connectivity index (χ1) is 9.15. The number of amides is 1. The zero-order valence-electron chi connectivity index (χ0n) is 10.7. The number of aryl methyl sites for hydroxylation is 1. The summed E-state index contributed by atoms with van der Waals surface area (Å²) < 4.78 is 12.7. The highest BCUT2D eigenvalue weighted by molar-refractivity contribution is 5.76. The number of halogens is 1. The van der Waals surface area contributed by atoms with E-state index in [0.29, 0.717) is 12.8 Å². The Morgan fingerprint density at radius 1 is 1.42 bits per heavy atom. The Labute approximate surface area is 111 Å². The number of hydrogen-bond donors (Lipinski definition) is 2. The summed E-state index contributed by atoms with van der Waals surface area (Å²) >= 11 is 0. The van der Waals surface area contributed by atoms with Crippen LogP contribution in [0.4, 0.5) is 4.39 Å². The maximum absolute atomic E-state index is 12.7. The van der Waals surface area contributed by atoms with E-state index in [-0.39, 0.29) is 17.8 Å². The fraction of sp³-hybridized carbons (Fsp3) is 0.286. The van der Waals surface area contributed by atoms with Crippen LogP contribution in [-0.2, 0) is 11.2 Å². The van der Waals surface area contributed by atoms with Crippen LogP contribution in [0.2, 0.25) is 0 Å².